The molecule has 0 spiro atoms. The number of halogens is 2. The number of rotatable bonds is 9. The van der Waals surface area contributed by atoms with Crippen LogP contribution in [0.25, 0.3) is 0 Å². The minimum Gasteiger partial charge on any atom is -0.491 e. The van der Waals surface area contributed by atoms with Crippen molar-refractivity contribution in [3.63, 3.8) is 0 Å². The van der Waals surface area contributed by atoms with Gasteiger partial charge in [0.2, 0.25) is 5.88 Å². The van der Waals surface area contributed by atoms with Crippen LogP contribution in [0.3, 0.4) is 0 Å². The van der Waals surface area contributed by atoms with Gasteiger partial charge in [-0.3, -0.25) is 4.79 Å². The number of carbonyl (C=O) groups excluding carboxylic acids is 1. The van der Waals surface area contributed by atoms with Crippen molar-refractivity contribution in [2.75, 3.05) is 12.4 Å². The number of aryl methyl sites for hydroxylation is 1. The highest BCUT2D eigenvalue weighted by Crippen LogP contribution is 2.54. The van der Waals surface area contributed by atoms with Crippen molar-refractivity contribution in [1.82, 2.24) is 4.98 Å². The molecule has 2 aromatic carbocycles. The van der Waals surface area contributed by atoms with Gasteiger partial charge in [0.15, 0.2) is 17.3 Å². The quantitative estimate of drug-likeness (QED) is 0.162. The molecule has 1 aliphatic carbocycles. The fourth-order valence-corrected chi connectivity index (χ4v) is 5.45. The van der Waals surface area contributed by atoms with Crippen molar-refractivity contribution in [1.29, 1.82) is 0 Å². The van der Waals surface area contributed by atoms with E-state index in [9.17, 15) is 13.6 Å². The third kappa shape index (κ3) is 6.26. The lowest BCUT2D eigenvalue weighted by atomic mass is 9.74. The summed E-state index contributed by atoms with van der Waals surface area (Å²) >= 11 is 0. The number of methoxy groups -OCH3 is 1. The normalized spacial score (nSPS) is 18.0. The molecular weight excluding hydrogens is 526 g/mol. The summed E-state index contributed by atoms with van der Waals surface area (Å²) in [5, 5.41) is 2.64. The third-order valence-electron chi connectivity index (χ3n) is 7.88. The molecule has 41 heavy (non-hydrogen) atoms. The molecule has 1 aromatic heterocycles. The minimum atomic E-state index is -0.896. The number of benzene rings is 2. The first-order chi connectivity index (χ1) is 19.4. The molecule has 1 N–H and O–H groups in total. The number of nitrogens with zero attached hydrogens (tertiary/aromatic N) is 1. The van der Waals surface area contributed by atoms with Crippen LogP contribution in [0.5, 0.6) is 17.4 Å². The smallest absolute Gasteiger partial charge is 0.290 e. The Hall–Kier alpha value is -4.20. The first-order valence-corrected chi connectivity index (χ1v) is 13.6. The number of carbonyl (C=O) groups is 1. The number of pyridine rings is 1. The monoisotopic (exact) mass is 562 g/mol. The van der Waals surface area contributed by atoms with Crippen molar-refractivity contribution in [2.45, 2.75) is 52.9 Å². The highest BCUT2D eigenvalue weighted by molar-refractivity contribution is 6.03. The van der Waals surface area contributed by atoms with Crippen LogP contribution in [-0.4, -0.2) is 18.0 Å². The lowest BCUT2D eigenvalue weighted by Gasteiger charge is -2.30. The van der Waals surface area contributed by atoms with Gasteiger partial charge in [-0.15, -0.1) is 0 Å². The molecule has 2 unspecified atom stereocenters. The predicted octanol–water partition coefficient (Wildman–Crippen LogP) is 8.19. The zero-order chi connectivity index (χ0) is 29.9. The largest absolute Gasteiger partial charge is 0.491 e. The molecule has 0 saturated carbocycles. The maximum atomic E-state index is 14.1. The zero-order valence-corrected chi connectivity index (χ0v) is 24.4. The summed E-state index contributed by atoms with van der Waals surface area (Å²) in [6.07, 6.45) is 5.97. The second-order valence-corrected chi connectivity index (χ2v) is 11.2. The van der Waals surface area contributed by atoms with E-state index in [1.807, 2.05) is 6.92 Å². The summed E-state index contributed by atoms with van der Waals surface area (Å²) in [5.41, 5.74) is 3.99. The second kappa shape index (κ2) is 12.1. The maximum absolute atomic E-state index is 14.1. The molecule has 2 atom stereocenters. The third-order valence-corrected chi connectivity index (χ3v) is 7.88. The molecule has 6 nitrogen and oxygen atoms in total. The topological polar surface area (TPSA) is 69.7 Å². The molecule has 0 fully saturated rings. The van der Waals surface area contributed by atoms with Gasteiger partial charge in [-0.1, -0.05) is 40.7 Å². The standard InChI is InChI=1S/C33H36F2N2O4/c1-19(2)30-21(4)33(5,6)24-16-20(3)29(18-23(24)30)40-15-9-11-28(39-7)31(38)37-26-10-8-14-36-32(26)41-27-13-12-22(34)17-25(27)35/h8-19,21,30H,1-7H3,(H,37,38)/b15-9+,28-11-. The van der Waals surface area contributed by atoms with E-state index < -0.39 is 17.5 Å². The molecule has 0 aliphatic heterocycles. The van der Waals surface area contributed by atoms with E-state index in [4.69, 9.17) is 14.2 Å². The summed E-state index contributed by atoms with van der Waals surface area (Å²) < 4.78 is 44.1. The summed E-state index contributed by atoms with van der Waals surface area (Å²) in [5.74, 6) is -0.306. The molecular formula is C33H36F2N2O4. The van der Waals surface area contributed by atoms with Crippen LogP contribution in [0.2, 0.25) is 0 Å². The Bertz CT molecular complexity index is 1500. The Morgan fingerprint density at radius 1 is 1.12 bits per heavy atom. The predicted molar refractivity (Wildman–Crippen MR) is 155 cm³/mol. The van der Waals surface area contributed by atoms with E-state index in [2.05, 4.69) is 57.1 Å². The highest BCUT2D eigenvalue weighted by atomic mass is 19.1. The van der Waals surface area contributed by atoms with Gasteiger partial charge in [0.05, 0.1) is 13.4 Å². The molecule has 1 amide bonds. The Balaban J connectivity index is 1.48. The number of allylic oxidation sites excluding steroid dienone is 2. The zero-order valence-electron chi connectivity index (χ0n) is 24.4. The average molecular weight is 563 g/mol. The number of anilines is 1. The van der Waals surface area contributed by atoms with Gasteiger partial charge >= 0.3 is 0 Å². The van der Waals surface area contributed by atoms with Crippen LogP contribution in [0.15, 0.2) is 72.8 Å². The van der Waals surface area contributed by atoms with Gasteiger partial charge in [0, 0.05) is 12.3 Å². The lowest BCUT2D eigenvalue weighted by Crippen LogP contribution is -2.25. The maximum Gasteiger partial charge on any atom is 0.290 e. The van der Waals surface area contributed by atoms with Crippen LogP contribution in [0.1, 0.15) is 57.2 Å². The first-order valence-electron chi connectivity index (χ1n) is 13.6. The van der Waals surface area contributed by atoms with Crippen LogP contribution in [-0.2, 0) is 14.9 Å². The fraction of sp³-hybridized carbons (Fsp3) is 0.333. The van der Waals surface area contributed by atoms with Crippen molar-refractivity contribution >= 4 is 11.6 Å². The Labute approximate surface area is 240 Å². The van der Waals surface area contributed by atoms with E-state index in [-0.39, 0.29) is 28.5 Å². The van der Waals surface area contributed by atoms with Gasteiger partial charge in [0.25, 0.3) is 5.91 Å². The second-order valence-electron chi connectivity index (χ2n) is 11.2. The molecule has 3 aromatic rings. The summed E-state index contributed by atoms with van der Waals surface area (Å²) in [7, 11) is 1.37. The van der Waals surface area contributed by atoms with Crippen LogP contribution in [0, 0.1) is 30.4 Å². The van der Waals surface area contributed by atoms with E-state index >= 15 is 0 Å². The molecule has 216 valence electrons. The SMILES string of the molecule is CO/C(=C\C=C\Oc1cc2c(cc1C)C(C)(C)C(C)C2C(C)C)C(=O)Nc1cccnc1Oc1ccc(F)cc1F. The molecule has 8 heteroatoms. The number of ether oxygens (including phenoxy) is 3. The number of fused-ring (bicyclic) bond motifs is 1. The number of amides is 1. The van der Waals surface area contributed by atoms with Crippen molar-refractivity contribution in [3.05, 3.63) is 101 Å². The van der Waals surface area contributed by atoms with Gasteiger partial charge in [0.1, 0.15) is 17.3 Å². The summed E-state index contributed by atoms with van der Waals surface area (Å²) in [6.45, 7) is 13.5. The Morgan fingerprint density at radius 3 is 2.56 bits per heavy atom. The highest BCUT2D eigenvalue weighted by Gasteiger charge is 2.45. The van der Waals surface area contributed by atoms with E-state index in [0.29, 0.717) is 23.8 Å². The van der Waals surface area contributed by atoms with Gasteiger partial charge < -0.3 is 19.5 Å². The van der Waals surface area contributed by atoms with E-state index in [1.54, 1.807) is 12.1 Å². The number of nitrogens with one attached hydrogen (secondary N) is 1. The number of hydrogen-bond donors (Lipinski definition) is 1. The molecule has 0 radical (unpaired) electrons. The van der Waals surface area contributed by atoms with Crippen LogP contribution in [0.4, 0.5) is 14.5 Å². The van der Waals surface area contributed by atoms with Gasteiger partial charge in [-0.05, 0) is 89.3 Å². The van der Waals surface area contributed by atoms with E-state index in [0.717, 1.165) is 23.4 Å². The molecule has 4 rings (SSSR count). The van der Waals surface area contributed by atoms with Crippen molar-refractivity contribution in [2.24, 2.45) is 11.8 Å². The van der Waals surface area contributed by atoms with Crippen LogP contribution < -0.4 is 14.8 Å². The summed E-state index contributed by atoms with van der Waals surface area (Å²) in [6, 6.07) is 10.4. The Kier molecular flexibility index (Phi) is 8.80. The number of hydrogen-bond acceptors (Lipinski definition) is 5. The van der Waals surface area contributed by atoms with E-state index in [1.165, 1.54) is 42.8 Å². The molecule has 0 bridgehead atoms. The van der Waals surface area contributed by atoms with Crippen molar-refractivity contribution in [3.8, 4) is 17.4 Å². The minimum absolute atomic E-state index is 0.00580. The van der Waals surface area contributed by atoms with Crippen molar-refractivity contribution < 1.29 is 27.8 Å². The average Bonchev–Trinajstić information content (AvgIpc) is 3.11. The Morgan fingerprint density at radius 2 is 1.88 bits per heavy atom. The molecule has 1 aliphatic rings. The number of aromatic nitrogens is 1. The molecule has 0 saturated heterocycles. The lowest BCUT2D eigenvalue weighted by molar-refractivity contribution is -0.115. The fourth-order valence-electron chi connectivity index (χ4n) is 5.45. The first kappa shape index (κ1) is 29.8. The van der Waals surface area contributed by atoms with Gasteiger partial charge in [-0.2, -0.15) is 0 Å². The van der Waals surface area contributed by atoms with Crippen LogP contribution >= 0.6 is 0 Å². The van der Waals surface area contributed by atoms with Gasteiger partial charge in [-0.25, -0.2) is 13.8 Å². The summed E-state index contributed by atoms with van der Waals surface area (Å²) in [4.78, 5) is 17.0. The molecule has 1 heterocycles.